The highest BCUT2D eigenvalue weighted by Gasteiger charge is 2.40. The highest BCUT2D eigenvalue weighted by atomic mass is 35.5. The van der Waals surface area contributed by atoms with E-state index in [9.17, 15) is 0 Å². The normalized spacial score (nSPS) is 20.6. The van der Waals surface area contributed by atoms with Crippen LogP contribution in [0.15, 0.2) is 24.5 Å². The first-order valence-electron chi connectivity index (χ1n) is 12.8. The van der Waals surface area contributed by atoms with Gasteiger partial charge < -0.3 is 19.9 Å². The zero-order valence-corrected chi connectivity index (χ0v) is 21.6. The van der Waals surface area contributed by atoms with Crippen molar-refractivity contribution in [2.75, 3.05) is 51.2 Å². The number of anilines is 1. The van der Waals surface area contributed by atoms with Gasteiger partial charge in [0.15, 0.2) is 5.82 Å². The van der Waals surface area contributed by atoms with Gasteiger partial charge in [-0.25, -0.2) is 4.39 Å². The van der Waals surface area contributed by atoms with Gasteiger partial charge in [-0.2, -0.15) is 9.97 Å². The molecule has 3 fully saturated rings. The van der Waals surface area contributed by atoms with E-state index in [0.29, 0.717) is 32.8 Å². The lowest BCUT2D eigenvalue weighted by molar-refractivity contribution is 0.105. The number of likely N-dealkylation sites (tertiary alicyclic amines) is 1. The zero-order valence-electron chi connectivity index (χ0n) is 20.9. The Hall–Kier alpha value is -2.55. The maximum Gasteiger partial charge on any atom is 0.319 e. The lowest BCUT2D eigenvalue weighted by atomic mass is 9.73. The van der Waals surface area contributed by atoms with Gasteiger partial charge in [0.1, 0.15) is 17.4 Å². The molecule has 1 spiro atoms. The fourth-order valence-corrected chi connectivity index (χ4v) is 6.00. The summed E-state index contributed by atoms with van der Waals surface area (Å²) in [6, 6.07) is 3.91. The molecule has 2 aromatic heterocycles. The van der Waals surface area contributed by atoms with E-state index in [1.165, 1.54) is 0 Å². The first-order valence-corrected chi connectivity index (χ1v) is 13.2. The smallest absolute Gasteiger partial charge is 0.319 e. The van der Waals surface area contributed by atoms with Gasteiger partial charge in [0.2, 0.25) is 0 Å². The van der Waals surface area contributed by atoms with Gasteiger partial charge in [0, 0.05) is 68.2 Å². The number of benzene rings is 1. The lowest BCUT2D eigenvalue weighted by Crippen LogP contribution is -2.58. The molecule has 0 bridgehead atoms. The Morgan fingerprint density at radius 2 is 1.89 bits per heavy atom. The number of nitrogens with zero attached hydrogens (tertiary/aromatic N) is 5. The number of pyridine rings is 1. The summed E-state index contributed by atoms with van der Waals surface area (Å²) < 4.78 is 22.5. The van der Waals surface area contributed by atoms with Crippen molar-refractivity contribution in [2.45, 2.75) is 38.7 Å². The minimum atomic E-state index is -0.456. The Labute approximate surface area is 216 Å². The van der Waals surface area contributed by atoms with E-state index in [1.54, 1.807) is 12.4 Å². The average molecular weight is 511 g/mol. The molecule has 6 rings (SSSR count). The molecule has 3 aliphatic heterocycles. The summed E-state index contributed by atoms with van der Waals surface area (Å²) in [5.74, 6) is 0.252. The number of ether oxygens (including phenoxy) is 1. The molecule has 1 aromatic carbocycles. The lowest BCUT2D eigenvalue weighted by Gasteiger charge is -2.48. The number of rotatable bonds is 4. The van der Waals surface area contributed by atoms with Gasteiger partial charge in [-0.05, 0) is 62.8 Å². The maximum absolute atomic E-state index is 16.2. The molecule has 0 aliphatic carbocycles. The van der Waals surface area contributed by atoms with Crippen LogP contribution < -0.4 is 15.0 Å². The molecule has 0 atom stereocenters. The molecule has 3 aromatic rings. The fraction of sp³-hybridized carbons (Fsp3) is 0.519. The van der Waals surface area contributed by atoms with Crippen LogP contribution in [0, 0.1) is 18.2 Å². The number of aromatic nitrogens is 3. The summed E-state index contributed by atoms with van der Waals surface area (Å²) in [7, 11) is 2.11. The topological polar surface area (TPSA) is 66.4 Å². The second kappa shape index (κ2) is 9.39. The Balaban J connectivity index is 1.44. The molecule has 190 valence electrons. The highest BCUT2D eigenvalue weighted by Crippen LogP contribution is 2.42. The minimum Gasteiger partial charge on any atom is -0.460 e. The third-order valence-corrected chi connectivity index (χ3v) is 8.51. The van der Waals surface area contributed by atoms with Crippen molar-refractivity contribution in [2.24, 2.45) is 5.41 Å². The molecule has 9 heteroatoms. The molecule has 5 heterocycles. The van der Waals surface area contributed by atoms with E-state index >= 15 is 4.39 Å². The number of hydrogen-bond donors (Lipinski definition) is 1. The molecule has 0 amide bonds. The van der Waals surface area contributed by atoms with Crippen LogP contribution in [-0.4, -0.2) is 72.3 Å². The van der Waals surface area contributed by atoms with E-state index in [1.807, 2.05) is 19.1 Å². The van der Waals surface area contributed by atoms with Gasteiger partial charge >= 0.3 is 6.01 Å². The van der Waals surface area contributed by atoms with Gasteiger partial charge in [0.25, 0.3) is 0 Å². The van der Waals surface area contributed by atoms with Crippen molar-refractivity contribution in [1.29, 1.82) is 0 Å². The van der Waals surface area contributed by atoms with Crippen LogP contribution in [0.2, 0.25) is 5.02 Å². The van der Waals surface area contributed by atoms with E-state index in [-0.39, 0.29) is 17.6 Å². The number of nitrogens with one attached hydrogen (secondary N) is 1. The van der Waals surface area contributed by atoms with Crippen LogP contribution in [0.3, 0.4) is 0 Å². The van der Waals surface area contributed by atoms with Crippen molar-refractivity contribution >= 4 is 28.3 Å². The molecule has 0 unspecified atom stereocenters. The predicted molar refractivity (Wildman–Crippen MR) is 140 cm³/mol. The third-order valence-electron chi connectivity index (χ3n) is 8.21. The Bertz CT molecular complexity index is 1280. The summed E-state index contributed by atoms with van der Waals surface area (Å²) in [4.78, 5) is 18.2. The van der Waals surface area contributed by atoms with Gasteiger partial charge in [-0.3, -0.25) is 4.98 Å². The number of aryl methyl sites for hydroxylation is 1. The molecule has 3 aliphatic rings. The van der Waals surface area contributed by atoms with Crippen LogP contribution in [0.5, 0.6) is 6.01 Å². The van der Waals surface area contributed by atoms with Gasteiger partial charge in [-0.15, -0.1) is 0 Å². The third kappa shape index (κ3) is 4.29. The van der Waals surface area contributed by atoms with Crippen molar-refractivity contribution in [3.8, 4) is 17.1 Å². The first kappa shape index (κ1) is 23.8. The van der Waals surface area contributed by atoms with Crippen LogP contribution in [0.1, 0.15) is 31.2 Å². The quantitative estimate of drug-likeness (QED) is 0.556. The summed E-state index contributed by atoms with van der Waals surface area (Å²) in [6.07, 6.45) is 7.33. The van der Waals surface area contributed by atoms with E-state index in [4.69, 9.17) is 21.3 Å². The van der Waals surface area contributed by atoms with Crippen molar-refractivity contribution in [3.05, 3.63) is 40.9 Å². The monoisotopic (exact) mass is 510 g/mol. The van der Waals surface area contributed by atoms with E-state index in [0.717, 1.165) is 70.5 Å². The minimum absolute atomic E-state index is 0.0209. The van der Waals surface area contributed by atoms with E-state index in [2.05, 4.69) is 32.1 Å². The van der Waals surface area contributed by atoms with Gasteiger partial charge in [-0.1, -0.05) is 11.6 Å². The fourth-order valence-electron chi connectivity index (χ4n) is 5.70. The second-order valence-corrected chi connectivity index (χ2v) is 11.1. The maximum atomic E-state index is 16.2. The molecule has 0 radical (unpaired) electrons. The Morgan fingerprint density at radius 3 is 2.56 bits per heavy atom. The second-order valence-electron chi connectivity index (χ2n) is 10.7. The number of halogens is 2. The molecular weight excluding hydrogens is 479 g/mol. The average Bonchev–Trinajstić information content (AvgIpc) is 2.86. The van der Waals surface area contributed by atoms with Crippen molar-refractivity contribution in [3.63, 3.8) is 0 Å². The molecule has 3 saturated heterocycles. The Morgan fingerprint density at radius 1 is 1.14 bits per heavy atom. The predicted octanol–water partition coefficient (Wildman–Crippen LogP) is 4.46. The van der Waals surface area contributed by atoms with Crippen LogP contribution in [0.25, 0.3) is 22.0 Å². The highest BCUT2D eigenvalue weighted by molar-refractivity contribution is 6.34. The SMILES string of the molecule is Cc1ccncc1-c1c(Cl)cc2c(N3CCC4(CC3)CNC4)nc(OC3CCN(C)CC3)nc2c1F. The molecule has 0 saturated carbocycles. The summed E-state index contributed by atoms with van der Waals surface area (Å²) in [5.41, 5.74) is 2.52. The number of hydrogen-bond acceptors (Lipinski definition) is 7. The number of piperidine rings is 2. The van der Waals surface area contributed by atoms with Crippen molar-refractivity contribution < 1.29 is 9.13 Å². The molecular formula is C27H32ClFN6O. The number of fused-ring (bicyclic) bond motifs is 1. The van der Waals surface area contributed by atoms with Crippen LogP contribution in [0.4, 0.5) is 10.2 Å². The van der Waals surface area contributed by atoms with Gasteiger partial charge in [0.05, 0.1) is 5.02 Å². The molecule has 7 nitrogen and oxygen atoms in total. The Kier molecular flexibility index (Phi) is 6.22. The molecule has 36 heavy (non-hydrogen) atoms. The summed E-state index contributed by atoms with van der Waals surface area (Å²) >= 11 is 6.73. The van der Waals surface area contributed by atoms with Crippen molar-refractivity contribution in [1.82, 2.24) is 25.2 Å². The first-order chi connectivity index (χ1) is 17.4. The van der Waals surface area contributed by atoms with E-state index < -0.39 is 5.82 Å². The summed E-state index contributed by atoms with van der Waals surface area (Å²) in [5, 5.41) is 4.38. The summed E-state index contributed by atoms with van der Waals surface area (Å²) in [6.45, 7) is 7.72. The van der Waals surface area contributed by atoms with Crippen LogP contribution >= 0.6 is 11.6 Å². The van der Waals surface area contributed by atoms with Crippen LogP contribution in [-0.2, 0) is 0 Å². The molecule has 1 N–H and O–H groups in total. The zero-order chi connectivity index (χ0) is 24.9. The standard InChI is InChI=1S/C27H32ClFN6O/c1-17-3-8-30-14-20(17)22-21(28)13-19-24(23(22)29)32-26(36-18-4-9-34(2)10-5-18)33-25(19)35-11-6-27(7-12-35)15-31-16-27/h3,8,13-14,18,31H,4-7,9-12,15-16H2,1-2H3. The largest absolute Gasteiger partial charge is 0.460 e.